The zero-order chi connectivity index (χ0) is 24.3. The van der Waals surface area contributed by atoms with E-state index in [1.807, 2.05) is 55.3 Å². The topological polar surface area (TPSA) is 79.0 Å². The molecule has 1 aromatic heterocycles. The summed E-state index contributed by atoms with van der Waals surface area (Å²) in [6.45, 7) is 7.06. The second kappa shape index (κ2) is 10.3. The number of nitrogens with one attached hydrogen (secondary N) is 1. The normalized spacial score (nSPS) is 20.4. The van der Waals surface area contributed by atoms with Gasteiger partial charge in [0.15, 0.2) is 0 Å². The van der Waals surface area contributed by atoms with Crippen LogP contribution in [-0.4, -0.2) is 65.0 Å². The van der Waals surface area contributed by atoms with Crippen molar-refractivity contribution in [3.8, 4) is 0 Å². The van der Waals surface area contributed by atoms with Crippen molar-refractivity contribution in [1.29, 1.82) is 0 Å². The van der Waals surface area contributed by atoms with E-state index >= 15 is 0 Å². The van der Waals surface area contributed by atoms with Crippen molar-refractivity contribution in [3.05, 3.63) is 57.8 Å². The van der Waals surface area contributed by atoms with E-state index in [2.05, 4.69) is 5.32 Å². The van der Waals surface area contributed by atoms with Crippen LogP contribution in [0.2, 0.25) is 0 Å². The Morgan fingerprint density at radius 3 is 2.50 bits per heavy atom. The summed E-state index contributed by atoms with van der Waals surface area (Å²) in [6, 6.07) is 10.6. The standard InChI is InChI=1S/C26H33N3O4S/c1-4-19(3)27-24(31)22-17-33-26(29(22)25(32)20-9-7-18(2)8-10-20)11-13-28(14-12-26)23(30)16-21-6-5-15-34-21/h5-10,15,19,22H,4,11-14,16-17H2,1-3H3,(H,27,31). The molecule has 8 heteroatoms. The van der Waals surface area contributed by atoms with Crippen LogP contribution in [0.25, 0.3) is 0 Å². The van der Waals surface area contributed by atoms with E-state index in [0.29, 0.717) is 37.9 Å². The summed E-state index contributed by atoms with van der Waals surface area (Å²) < 4.78 is 6.25. The van der Waals surface area contributed by atoms with Crippen molar-refractivity contribution in [2.75, 3.05) is 19.7 Å². The predicted octanol–water partition coefficient (Wildman–Crippen LogP) is 3.37. The molecule has 182 valence electrons. The molecule has 3 heterocycles. The van der Waals surface area contributed by atoms with Crippen LogP contribution in [0.1, 0.15) is 53.9 Å². The molecule has 2 atom stereocenters. The quantitative estimate of drug-likeness (QED) is 0.683. The van der Waals surface area contributed by atoms with Crippen molar-refractivity contribution in [2.45, 2.75) is 64.3 Å². The van der Waals surface area contributed by atoms with Gasteiger partial charge >= 0.3 is 0 Å². The molecule has 4 rings (SSSR count). The Morgan fingerprint density at radius 1 is 1.18 bits per heavy atom. The van der Waals surface area contributed by atoms with Crippen LogP contribution in [0.5, 0.6) is 0 Å². The summed E-state index contributed by atoms with van der Waals surface area (Å²) >= 11 is 1.58. The monoisotopic (exact) mass is 483 g/mol. The Labute approximate surface area is 205 Å². The van der Waals surface area contributed by atoms with Crippen LogP contribution in [0.4, 0.5) is 0 Å². The maximum atomic E-state index is 13.7. The number of piperidine rings is 1. The Morgan fingerprint density at radius 2 is 1.88 bits per heavy atom. The molecule has 2 aliphatic rings. The van der Waals surface area contributed by atoms with Gasteiger partial charge in [-0.15, -0.1) is 11.3 Å². The lowest BCUT2D eigenvalue weighted by Crippen LogP contribution is -2.60. The van der Waals surface area contributed by atoms with Gasteiger partial charge in [0, 0.05) is 42.4 Å². The molecule has 2 unspecified atom stereocenters. The molecule has 1 spiro atoms. The second-order valence-electron chi connectivity index (χ2n) is 9.27. The van der Waals surface area contributed by atoms with E-state index in [-0.39, 0.29) is 30.4 Å². The van der Waals surface area contributed by atoms with Gasteiger partial charge in [-0.3, -0.25) is 19.3 Å². The van der Waals surface area contributed by atoms with Crippen LogP contribution in [0, 0.1) is 6.92 Å². The van der Waals surface area contributed by atoms with Gasteiger partial charge in [-0.2, -0.15) is 0 Å². The first-order valence-electron chi connectivity index (χ1n) is 12.0. The molecule has 0 radical (unpaired) electrons. The Balaban J connectivity index is 1.54. The Kier molecular flexibility index (Phi) is 7.38. The summed E-state index contributed by atoms with van der Waals surface area (Å²) in [5.74, 6) is -0.319. The van der Waals surface area contributed by atoms with Crippen LogP contribution >= 0.6 is 11.3 Å². The fourth-order valence-corrected chi connectivity index (χ4v) is 5.32. The number of benzene rings is 1. The number of amides is 3. The second-order valence-corrected chi connectivity index (χ2v) is 10.3. The Bertz CT molecular complexity index is 1010. The molecule has 1 aromatic carbocycles. The molecule has 2 aliphatic heterocycles. The largest absolute Gasteiger partial charge is 0.353 e. The molecule has 7 nitrogen and oxygen atoms in total. The van der Waals surface area contributed by atoms with Gasteiger partial charge in [-0.05, 0) is 43.8 Å². The smallest absolute Gasteiger partial charge is 0.256 e. The molecular formula is C26H33N3O4S. The van der Waals surface area contributed by atoms with Gasteiger partial charge in [-0.1, -0.05) is 30.7 Å². The molecule has 3 amide bonds. The highest BCUT2D eigenvalue weighted by molar-refractivity contribution is 7.10. The zero-order valence-electron chi connectivity index (χ0n) is 20.1. The van der Waals surface area contributed by atoms with Gasteiger partial charge in [0.25, 0.3) is 5.91 Å². The van der Waals surface area contributed by atoms with Crippen molar-refractivity contribution in [1.82, 2.24) is 15.1 Å². The molecule has 34 heavy (non-hydrogen) atoms. The number of likely N-dealkylation sites (tertiary alicyclic amines) is 1. The molecule has 2 aromatic rings. The van der Waals surface area contributed by atoms with Gasteiger partial charge in [0.1, 0.15) is 11.8 Å². The third-order valence-corrected chi connectivity index (χ3v) is 7.76. The van der Waals surface area contributed by atoms with Crippen LogP contribution in [0.15, 0.2) is 41.8 Å². The van der Waals surface area contributed by atoms with Gasteiger partial charge in [-0.25, -0.2) is 0 Å². The number of rotatable bonds is 6. The lowest BCUT2D eigenvalue weighted by atomic mass is 9.96. The van der Waals surface area contributed by atoms with Crippen molar-refractivity contribution >= 4 is 29.1 Å². The summed E-state index contributed by atoms with van der Waals surface area (Å²) in [5.41, 5.74) is 0.708. The number of aryl methyl sites for hydroxylation is 1. The van der Waals surface area contributed by atoms with E-state index in [0.717, 1.165) is 16.9 Å². The van der Waals surface area contributed by atoms with Gasteiger partial charge in [0.05, 0.1) is 13.0 Å². The molecule has 1 N–H and O–H groups in total. The average Bonchev–Trinajstić information content (AvgIpc) is 3.47. The molecule has 0 bridgehead atoms. The zero-order valence-corrected chi connectivity index (χ0v) is 20.9. The number of hydrogen-bond donors (Lipinski definition) is 1. The van der Waals surface area contributed by atoms with Crippen molar-refractivity contribution < 1.29 is 19.1 Å². The van der Waals surface area contributed by atoms with E-state index in [1.54, 1.807) is 28.4 Å². The van der Waals surface area contributed by atoms with Crippen LogP contribution in [0.3, 0.4) is 0 Å². The summed E-state index contributed by atoms with van der Waals surface area (Å²) in [6.07, 6.45) is 2.15. The number of thiophene rings is 1. The molecule has 0 aliphatic carbocycles. The maximum Gasteiger partial charge on any atom is 0.256 e. The number of hydrogen-bond acceptors (Lipinski definition) is 5. The SMILES string of the molecule is CCC(C)NC(=O)C1COC2(CCN(C(=O)Cc3cccs3)CC2)N1C(=O)c1ccc(C)cc1. The maximum absolute atomic E-state index is 13.7. The van der Waals surface area contributed by atoms with Crippen molar-refractivity contribution in [2.24, 2.45) is 0 Å². The van der Waals surface area contributed by atoms with E-state index < -0.39 is 11.8 Å². The minimum Gasteiger partial charge on any atom is -0.353 e. The van der Waals surface area contributed by atoms with Crippen LogP contribution < -0.4 is 5.32 Å². The van der Waals surface area contributed by atoms with E-state index in [9.17, 15) is 14.4 Å². The fraction of sp³-hybridized carbons (Fsp3) is 0.500. The molecule has 2 saturated heterocycles. The fourth-order valence-electron chi connectivity index (χ4n) is 4.62. The summed E-state index contributed by atoms with van der Waals surface area (Å²) in [5, 5.41) is 4.99. The lowest BCUT2D eigenvalue weighted by molar-refractivity contribution is -0.143. The number of carbonyl (C=O) groups is 3. The Hall–Kier alpha value is -2.71. The third-order valence-electron chi connectivity index (χ3n) is 6.88. The molecule has 0 saturated carbocycles. The van der Waals surface area contributed by atoms with E-state index in [4.69, 9.17) is 4.74 Å². The third kappa shape index (κ3) is 5.03. The first-order valence-corrected chi connectivity index (χ1v) is 12.9. The van der Waals surface area contributed by atoms with Crippen LogP contribution in [-0.2, 0) is 20.7 Å². The van der Waals surface area contributed by atoms with Crippen molar-refractivity contribution in [3.63, 3.8) is 0 Å². The minimum atomic E-state index is -0.890. The average molecular weight is 484 g/mol. The lowest BCUT2D eigenvalue weighted by Gasteiger charge is -2.44. The summed E-state index contributed by atoms with van der Waals surface area (Å²) in [7, 11) is 0. The highest BCUT2D eigenvalue weighted by Gasteiger charge is 2.54. The number of carbonyl (C=O) groups excluding carboxylic acids is 3. The highest BCUT2D eigenvalue weighted by Crippen LogP contribution is 2.38. The van der Waals surface area contributed by atoms with Gasteiger partial charge in [0.2, 0.25) is 11.8 Å². The first kappa shape index (κ1) is 24.4. The van der Waals surface area contributed by atoms with E-state index in [1.165, 1.54) is 0 Å². The molecule has 2 fully saturated rings. The minimum absolute atomic E-state index is 0.0112. The molecular weight excluding hydrogens is 450 g/mol. The van der Waals surface area contributed by atoms with Gasteiger partial charge < -0.3 is 15.0 Å². The predicted molar refractivity (Wildman–Crippen MR) is 132 cm³/mol. The first-order chi connectivity index (χ1) is 16.3. The summed E-state index contributed by atoms with van der Waals surface area (Å²) in [4.78, 5) is 44.2. The number of nitrogens with zero attached hydrogens (tertiary/aromatic N) is 2. The number of ether oxygens (including phenoxy) is 1. The highest BCUT2D eigenvalue weighted by atomic mass is 32.1.